The molecule has 0 amide bonds. The molecular weight excluding hydrogens is 392 g/mol. The lowest BCUT2D eigenvalue weighted by molar-refractivity contribution is -0.00407. The summed E-state index contributed by atoms with van der Waals surface area (Å²) < 4.78 is 6.65. The van der Waals surface area contributed by atoms with Crippen LogP contribution in [0.3, 0.4) is 0 Å². The highest BCUT2D eigenvalue weighted by atomic mass is 79.9. The number of halogens is 1. The Labute approximate surface area is 166 Å². The predicted octanol–water partition coefficient (Wildman–Crippen LogP) is 4.66. The first kappa shape index (κ1) is 22.4. The molecule has 0 aromatic carbocycles. The van der Waals surface area contributed by atoms with Crippen LogP contribution in [0.15, 0.2) is 35.0 Å². The fraction of sp³-hybridized carbons (Fsp3) is 0.500. The van der Waals surface area contributed by atoms with Crippen molar-refractivity contribution in [3.8, 4) is 11.8 Å². The molecule has 0 fully saturated rings. The standard InChI is InChI=1S/C20H29BrN4O/c1-6-9-19(21)16(4)10-11-25(24(5)7-2)15-18-12-20(26-8-3)17(13-22)14-23-18/h9,12,14H,4,6-8,10-11,15H2,1-3,5H3/b19-9+. The van der Waals surface area contributed by atoms with Crippen molar-refractivity contribution in [1.29, 1.82) is 5.26 Å². The third-order valence-corrected chi connectivity index (χ3v) is 4.91. The van der Waals surface area contributed by atoms with Crippen molar-refractivity contribution in [2.45, 2.75) is 40.2 Å². The number of hydrazine groups is 1. The van der Waals surface area contributed by atoms with Crippen molar-refractivity contribution < 1.29 is 4.74 Å². The van der Waals surface area contributed by atoms with E-state index in [1.54, 1.807) is 6.20 Å². The normalized spacial score (nSPS) is 11.7. The van der Waals surface area contributed by atoms with Crippen molar-refractivity contribution in [2.75, 3.05) is 26.7 Å². The van der Waals surface area contributed by atoms with E-state index in [0.717, 1.165) is 41.7 Å². The molecule has 1 rings (SSSR count). The number of rotatable bonds is 11. The number of ether oxygens (including phenoxy) is 1. The topological polar surface area (TPSA) is 52.4 Å². The Hall–Kier alpha value is -1.68. The summed E-state index contributed by atoms with van der Waals surface area (Å²) >= 11 is 3.59. The average molecular weight is 421 g/mol. The van der Waals surface area contributed by atoms with Crippen LogP contribution in [0.25, 0.3) is 0 Å². The molecule has 0 radical (unpaired) electrons. The molecule has 0 saturated heterocycles. The molecule has 0 aliphatic rings. The molecule has 142 valence electrons. The molecule has 6 heteroatoms. The van der Waals surface area contributed by atoms with E-state index in [1.807, 2.05) is 13.0 Å². The lowest BCUT2D eigenvalue weighted by Gasteiger charge is -2.31. The second kappa shape index (κ2) is 11.8. The van der Waals surface area contributed by atoms with E-state index in [9.17, 15) is 5.26 Å². The summed E-state index contributed by atoms with van der Waals surface area (Å²) in [5, 5.41) is 13.6. The number of hydrogen-bond acceptors (Lipinski definition) is 5. The van der Waals surface area contributed by atoms with Crippen molar-refractivity contribution in [3.63, 3.8) is 0 Å². The Bertz CT molecular complexity index is 666. The molecule has 0 aliphatic heterocycles. The van der Waals surface area contributed by atoms with Crippen LogP contribution in [0, 0.1) is 11.3 Å². The molecule has 0 unspecified atom stereocenters. The maximum absolute atomic E-state index is 9.18. The van der Waals surface area contributed by atoms with Crippen molar-refractivity contribution in [3.05, 3.63) is 46.2 Å². The number of allylic oxidation sites excluding steroid dienone is 2. The molecule has 0 atom stereocenters. The predicted molar refractivity (Wildman–Crippen MR) is 110 cm³/mol. The quantitative estimate of drug-likeness (QED) is 0.384. The fourth-order valence-electron chi connectivity index (χ4n) is 2.39. The zero-order valence-corrected chi connectivity index (χ0v) is 17.8. The van der Waals surface area contributed by atoms with Crippen LogP contribution in [0.2, 0.25) is 0 Å². The number of nitrogens with zero attached hydrogens (tertiary/aromatic N) is 4. The lowest BCUT2D eigenvalue weighted by Crippen LogP contribution is -2.40. The van der Waals surface area contributed by atoms with Gasteiger partial charge in [0.25, 0.3) is 0 Å². The monoisotopic (exact) mass is 420 g/mol. The van der Waals surface area contributed by atoms with Gasteiger partial charge in [-0.1, -0.05) is 42.4 Å². The SMILES string of the molecule is C=C(CCN(Cc1cc(OCC)c(C#N)cn1)N(C)CC)/C(Br)=C\CC. The summed E-state index contributed by atoms with van der Waals surface area (Å²) in [5.41, 5.74) is 2.43. The van der Waals surface area contributed by atoms with E-state index in [4.69, 9.17) is 4.74 Å². The van der Waals surface area contributed by atoms with E-state index in [2.05, 4.69) is 70.6 Å². The van der Waals surface area contributed by atoms with Gasteiger partial charge in [-0.15, -0.1) is 0 Å². The van der Waals surface area contributed by atoms with Crippen LogP contribution in [-0.2, 0) is 6.54 Å². The minimum absolute atomic E-state index is 0.466. The van der Waals surface area contributed by atoms with E-state index in [1.165, 1.54) is 0 Å². The van der Waals surface area contributed by atoms with Gasteiger partial charge in [0.2, 0.25) is 0 Å². The first-order chi connectivity index (χ1) is 12.5. The number of nitriles is 1. The minimum atomic E-state index is 0.466. The van der Waals surface area contributed by atoms with E-state index in [0.29, 0.717) is 24.5 Å². The van der Waals surface area contributed by atoms with Gasteiger partial charge in [0, 0.05) is 36.9 Å². The van der Waals surface area contributed by atoms with Crippen LogP contribution in [-0.4, -0.2) is 41.7 Å². The van der Waals surface area contributed by atoms with Crippen LogP contribution in [0.1, 0.15) is 44.9 Å². The Morgan fingerprint density at radius 2 is 2.15 bits per heavy atom. The van der Waals surface area contributed by atoms with Crippen molar-refractivity contribution in [1.82, 2.24) is 15.0 Å². The molecule has 1 aromatic heterocycles. The second-order valence-corrected chi connectivity index (χ2v) is 6.75. The fourth-order valence-corrected chi connectivity index (χ4v) is 2.91. The molecule has 1 heterocycles. The van der Waals surface area contributed by atoms with E-state index < -0.39 is 0 Å². The Morgan fingerprint density at radius 3 is 2.73 bits per heavy atom. The molecular formula is C20H29BrN4O. The average Bonchev–Trinajstić information content (AvgIpc) is 2.64. The maximum atomic E-state index is 9.18. The summed E-state index contributed by atoms with van der Waals surface area (Å²) in [6.07, 6.45) is 5.56. The van der Waals surface area contributed by atoms with Gasteiger partial charge in [-0.3, -0.25) is 4.98 Å². The lowest BCUT2D eigenvalue weighted by atomic mass is 10.2. The summed E-state index contributed by atoms with van der Waals surface area (Å²) in [6.45, 7) is 13.2. The maximum Gasteiger partial charge on any atom is 0.140 e. The summed E-state index contributed by atoms with van der Waals surface area (Å²) in [4.78, 5) is 4.43. The highest BCUT2D eigenvalue weighted by molar-refractivity contribution is 9.12. The van der Waals surface area contributed by atoms with Gasteiger partial charge >= 0.3 is 0 Å². The Morgan fingerprint density at radius 1 is 1.42 bits per heavy atom. The first-order valence-corrected chi connectivity index (χ1v) is 9.77. The molecule has 0 bridgehead atoms. The largest absolute Gasteiger partial charge is 0.492 e. The summed E-state index contributed by atoms with van der Waals surface area (Å²) in [7, 11) is 2.06. The smallest absolute Gasteiger partial charge is 0.140 e. The second-order valence-electron chi connectivity index (χ2n) is 5.89. The highest BCUT2D eigenvalue weighted by Gasteiger charge is 2.14. The van der Waals surface area contributed by atoms with Gasteiger partial charge in [0.1, 0.15) is 17.4 Å². The zero-order valence-electron chi connectivity index (χ0n) is 16.3. The highest BCUT2D eigenvalue weighted by Crippen LogP contribution is 2.22. The first-order valence-electron chi connectivity index (χ1n) is 8.98. The van der Waals surface area contributed by atoms with Gasteiger partial charge in [0.05, 0.1) is 18.8 Å². The molecule has 1 aromatic rings. The van der Waals surface area contributed by atoms with Crippen molar-refractivity contribution in [2.24, 2.45) is 0 Å². The molecule has 26 heavy (non-hydrogen) atoms. The molecule has 0 spiro atoms. The van der Waals surface area contributed by atoms with Crippen LogP contribution >= 0.6 is 15.9 Å². The number of pyridine rings is 1. The van der Waals surface area contributed by atoms with Gasteiger partial charge in [-0.25, -0.2) is 10.0 Å². The van der Waals surface area contributed by atoms with Gasteiger partial charge in [0.15, 0.2) is 0 Å². The Balaban J connectivity index is 2.88. The van der Waals surface area contributed by atoms with Gasteiger partial charge in [-0.2, -0.15) is 5.26 Å². The van der Waals surface area contributed by atoms with Crippen LogP contribution < -0.4 is 4.74 Å². The van der Waals surface area contributed by atoms with Crippen molar-refractivity contribution >= 4 is 15.9 Å². The minimum Gasteiger partial charge on any atom is -0.492 e. The van der Waals surface area contributed by atoms with Gasteiger partial charge < -0.3 is 4.74 Å². The van der Waals surface area contributed by atoms with E-state index >= 15 is 0 Å². The third kappa shape index (κ3) is 6.91. The summed E-state index contributed by atoms with van der Waals surface area (Å²) in [6, 6.07) is 3.99. The Kier molecular flexibility index (Phi) is 10.2. The van der Waals surface area contributed by atoms with Gasteiger partial charge in [-0.05, 0) is 25.3 Å². The molecule has 0 N–H and O–H groups in total. The molecule has 0 saturated carbocycles. The van der Waals surface area contributed by atoms with Crippen LogP contribution in [0.4, 0.5) is 0 Å². The van der Waals surface area contributed by atoms with Crippen LogP contribution in [0.5, 0.6) is 5.75 Å². The summed E-state index contributed by atoms with van der Waals surface area (Å²) in [5.74, 6) is 0.595. The number of aromatic nitrogens is 1. The molecule has 5 nitrogen and oxygen atoms in total. The van der Waals surface area contributed by atoms with E-state index in [-0.39, 0.29) is 0 Å². The number of hydrogen-bond donors (Lipinski definition) is 0. The molecule has 0 aliphatic carbocycles. The zero-order chi connectivity index (χ0) is 19.5. The third-order valence-electron chi connectivity index (χ3n) is 4.02.